The zero-order chi connectivity index (χ0) is 12.3. The zero-order valence-electron chi connectivity index (χ0n) is 8.78. The number of benzene rings is 1. The lowest BCUT2D eigenvalue weighted by Gasteiger charge is -2.07. The van der Waals surface area contributed by atoms with E-state index in [0.717, 1.165) is 0 Å². The Morgan fingerprint density at radius 3 is 2.41 bits per heavy atom. The topological polar surface area (TPSA) is 82.3 Å². The van der Waals surface area contributed by atoms with Crippen LogP contribution in [0, 0.1) is 0 Å². The van der Waals surface area contributed by atoms with Crippen molar-refractivity contribution in [3.8, 4) is 11.6 Å². The van der Waals surface area contributed by atoms with Crippen LogP contribution in [0.3, 0.4) is 0 Å². The SMILES string of the molecule is NS(=O)(=O)c1cccnc1Oc1ccccc1. The van der Waals surface area contributed by atoms with E-state index in [9.17, 15) is 8.42 Å². The minimum atomic E-state index is -3.84. The summed E-state index contributed by atoms with van der Waals surface area (Å²) in [6.07, 6.45) is 1.44. The van der Waals surface area contributed by atoms with Gasteiger partial charge in [0.25, 0.3) is 0 Å². The highest BCUT2D eigenvalue weighted by atomic mass is 32.2. The first-order valence-corrected chi connectivity index (χ1v) is 6.33. The number of primary sulfonamides is 1. The summed E-state index contributed by atoms with van der Waals surface area (Å²) in [5.41, 5.74) is 0. The van der Waals surface area contributed by atoms with E-state index in [1.165, 1.54) is 18.3 Å². The van der Waals surface area contributed by atoms with Gasteiger partial charge < -0.3 is 4.74 Å². The molecule has 0 radical (unpaired) electrons. The van der Waals surface area contributed by atoms with Crippen molar-refractivity contribution < 1.29 is 13.2 Å². The molecule has 0 aliphatic carbocycles. The van der Waals surface area contributed by atoms with Crippen molar-refractivity contribution in [2.45, 2.75) is 4.90 Å². The molecule has 0 atom stereocenters. The second-order valence-corrected chi connectivity index (χ2v) is 4.80. The fourth-order valence-corrected chi connectivity index (χ4v) is 1.88. The molecule has 5 nitrogen and oxygen atoms in total. The summed E-state index contributed by atoms with van der Waals surface area (Å²) in [4.78, 5) is 3.72. The molecule has 0 spiro atoms. The molecule has 0 fully saturated rings. The first-order valence-electron chi connectivity index (χ1n) is 4.78. The third-order valence-corrected chi connectivity index (χ3v) is 2.92. The largest absolute Gasteiger partial charge is 0.438 e. The Hall–Kier alpha value is -1.92. The highest BCUT2D eigenvalue weighted by Gasteiger charge is 2.16. The van der Waals surface area contributed by atoms with E-state index in [0.29, 0.717) is 5.75 Å². The van der Waals surface area contributed by atoms with Crippen molar-refractivity contribution >= 4 is 10.0 Å². The van der Waals surface area contributed by atoms with Crippen LogP contribution in [0.15, 0.2) is 53.6 Å². The van der Waals surface area contributed by atoms with Gasteiger partial charge in [0.05, 0.1) is 0 Å². The second kappa shape index (κ2) is 4.52. The molecular formula is C11H10N2O3S. The molecule has 6 heteroatoms. The summed E-state index contributed by atoms with van der Waals surface area (Å²) < 4.78 is 28.0. The predicted octanol–water partition coefficient (Wildman–Crippen LogP) is 1.52. The molecule has 0 saturated carbocycles. The number of pyridine rings is 1. The van der Waals surface area contributed by atoms with E-state index in [1.807, 2.05) is 6.07 Å². The van der Waals surface area contributed by atoms with Crippen molar-refractivity contribution in [3.63, 3.8) is 0 Å². The Morgan fingerprint density at radius 1 is 1.06 bits per heavy atom. The van der Waals surface area contributed by atoms with Crippen molar-refractivity contribution in [2.24, 2.45) is 5.14 Å². The predicted molar refractivity (Wildman–Crippen MR) is 62.1 cm³/mol. The molecule has 0 saturated heterocycles. The van der Waals surface area contributed by atoms with Crippen LogP contribution in [-0.2, 0) is 10.0 Å². The number of nitrogens with zero attached hydrogens (tertiary/aromatic N) is 1. The summed E-state index contributed by atoms with van der Waals surface area (Å²) in [6, 6.07) is 11.6. The Bertz CT molecular complexity index is 612. The van der Waals surface area contributed by atoms with Crippen LogP contribution in [0.1, 0.15) is 0 Å². The van der Waals surface area contributed by atoms with Crippen LogP contribution in [0.25, 0.3) is 0 Å². The summed E-state index contributed by atoms with van der Waals surface area (Å²) in [7, 11) is -3.84. The van der Waals surface area contributed by atoms with Crippen LogP contribution in [-0.4, -0.2) is 13.4 Å². The third kappa shape index (κ3) is 2.80. The normalized spacial score (nSPS) is 11.1. The lowest BCUT2D eigenvalue weighted by Crippen LogP contribution is -2.13. The van der Waals surface area contributed by atoms with Gasteiger partial charge in [-0.2, -0.15) is 0 Å². The lowest BCUT2D eigenvalue weighted by molar-refractivity contribution is 0.447. The van der Waals surface area contributed by atoms with Gasteiger partial charge in [-0.25, -0.2) is 18.5 Å². The number of hydrogen-bond acceptors (Lipinski definition) is 4. The highest BCUT2D eigenvalue weighted by Crippen LogP contribution is 2.24. The fourth-order valence-electron chi connectivity index (χ4n) is 1.27. The van der Waals surface area contributed by atoms with Gasteiger partial charge in [0.2, 0.25) is 15.9 Å². The van der Waals surface area contributed by atoms with Gasteiger partial charge in [0.1, 0.15) is 10.6 Å². The molecule has 0 aliphatic rings. The van der Waals surface area contributed by atoms with E-state index in [4.69, 9.17) is 9.88 Å². The summed E-state index contributed by atoms with van der Waals surface area (Å²) in [6.45, 7) is 0. The number of sulfonamides is 1. The molecule has 0 bridgehead atoms. The fraction of sp³-hybridized carbons (Fsp3) is 0. The van der Waals surface area contributed by atoms with Crippen LogP contribution in [0.4, 0.5) is 0 Å². The maximum Gasteiger partial charge on any atom is 0.243 e. The van der Waals surface area contributed by atoms with Crippen LogP contribution in [0.5, 0.6) is 11.6 Å². The zero-order valence-corrected chi connectivity index (χ0v) is 9.59. The quantitative estimate of drug-likeness (QED) is 0.895. The van der Waals surface area contributed by atoms with Gasteiger partial charge in [-0.05, 0) is 24.3 Å². The van der Waals surface area contributed by atoms with Crippen molar-refractivity contribution in [2.75, 3.05) is 0 Å². The number of rotatable bonds is 3. The van der Waals surface area contributed by atoms with Crippen LogP contribution >= 0.6 is 0 Å². The molecular weight excluding hydrogens is 240 g/mol. The molecule has 2 N–H and O–H groups in total. The number of ether oxygens (including phenoxy) is 1. The van der Waals surface area contributed by atoms with Crippen molar-refractivity contribution in [1.82, 2.24) is 4.98 Å². The number of nitrogens with two attached hydrogens (primary N) is 1. The molecule has 0 aliphatic heterocycles. The van der Waals surface area contributed by atoms with Crippen LogP contribution < -0.4 is 9.88 Å². The maximum atomic E-state index is 11.3. The molecule has 2 rings (SSSR count). The number of aromatic nitrogens is 1. The number of hydrogen-bond donors (Lipinski definition) is 1. The van der Waals surface area contributed by atoms with E-state index < -0.39 is 10.0 Å². The van der Waals surface area contributed by atoms with E-state index in [-0.39, 0.29) is 10.8 Å². The van der Waals surface area contributed by atoms with Gasteiger partial charge in [-0.3, -0.25) is 0 Å². The third-order valence-electron chi connectivity index (χ3n) is 2.00. The van der Waals surface area contributed by atoms with Gasteiger partial charge in [0, 0.05) is 6.20 Å². The van der Waals surface area contributed by atoms with Crippen LogP contribution in [0.2, 0.25) is 0 Å². The minimum Gasteiger partial charge on any atom is -0.438 e. The Labute approximate surface area is 98.9 Å². The molecule has 0 amide bonds. The minimum absolute atomic E-state index is 0.0267. The second-order valence-electron chi connectivity index (χ2n) is 3.27. The van der Waals surface area contributed by atoms with Gasteiger partial charge in [-0.15, -0.1) is 0 Å². The Kier molecular flexibility index (Phi) is 3.08. The molecule has 1 aromatic heterocycles. The number of para-hydroxylation sites is 1. The van der Waals surface area contributed by atoms with Crippen molar-refractivity contribution in [1.29, 1.82) is 0 Å². The molecule has 2 aromatic rings. The molecule has 1 heterocycles. The monoisotopic (exact) mass is 250 g/mol. The lowest BCUT2D eigenvalue weighted by atomic mass is 10.3. The van der Waals surface area contributed by atoms with Gasteiger partial charge >= 0.3 is 0 Å². The average Bonchev–Trinajstić information content (AvgIpc) is 2.30. The summed E-state index contributed by atoms with van der Waals surface area (Å²) in [5.74, 6) is 0.470. The summed E-state index contributed by atoms with van der Waals surface area (Å²) >= 11 is 0. The first-order chi connectivity index (χ1) is 8.07. The standard InChI is InChI=1S/C11H10N2O3S/c12-17(14,15)10-7-4-8-13-11(10)16-9-5-2-1-3-6-9/h1-8H,(H2,12,14,15). The summed E-state index contributed by atoms with van der Waals surface area (Å²) in [5, 5.41) is 5.06. The highest BCUT2D eigenvalue weighted by molar-refractivity contribution is 7.89. The van der Waals surface area contributed by atoms with Gasteiger partial charge in [-0.1, -0.05) is 18.2 Å². The molecule has 0 unspecified atom stereocenters. The average molecular weight is 250 g/mol. The molecule has 88 valence electrons. The Balaban J connectivity index is 2.41. The Morgan fingerprint density at radius 2 is 1.76 bits per heavy atom. The van der Waals surface area contributed by atoms with Crippen molar-refractivity contribution in [3.05, 3.63) is 48.7 Å². The van der Waals surface area contributed by atoms with E-state index >= 15 is 0 Å². The smallest absolute Gasteiger partial charge is 0.243 e. The van der Waals surface area contributed by atoms with Gasteiger partial charge in [0.15, 0.2) is 0 Å². The maximum absolute atomic E-state index is 11.3. The molecule has 17 heavy (non-hydrogen) atoms. The first kappa shape index (κ1) is 11.6. The van der Waals surface area contributed by atoms with E-state index in [1.54, 1.807) is 24.3 Å². The van der Waals surface area contributed by atoms with E-state index in [2.05, 4.69) is 4.98 Å². The molecule has 1 aromatic carbocycles.